The molecule has 110 valence electrons. The summed E-state index contributed by atoms with van der Waals surface area (Å²) in [5, 5.41) is 7.49. The maximum Gasteiger partial charge on any atom is 0.262 e. The van der Waals surface area contributed by atoms with Gasteiger partial charge in [-0.3, -0.25) is 9.59 Å². The second kappa shape index (κ2) is 5.90. The van der Waals surface area contributed by atoms with Gasteiger partial charge in [-0.05, 0) is 51.7 Å². The number of amides is 2. The molecule has 3 rings (SSSR count). The molecule has 1 aliphatic heterocycles. The lowest BCUT2D eigenvalue weighted by molar-refractivity contribution is -0.112. The molecule has 1 aromatic heterocycles. The van der Waals surface area contributed by atoms with Crippen LogP contribution in [-0.2, 0) is 9.59 Å². The summed E-state index contributed by atoms with van der Waals surface area (Å²) in [5.74, 6) is -0.460. The number of carbonyl (C=O) groups excluding carboxylic acids is 2. The van der Waals surface area contributed by atoms with E-state index in [1.807, 2.05) is 23.6 Å². The van der Waals surface area contributed by atoms with Gasteiger partial charge in [-0.15, -0.1) is 11.3 Å². The topological polar surface area (TPSA) is 58.2 Å². The molecule has 1 aromatic carbocycles. The van der Waals surface area contributed by atoms with Crippen molar-refractivity contribution in [1.29, 1.82) is 0 Å². The molecule has 0 radical (unpaired) electrons. The van der Waals surface area contributed by atoms with Crippen molar-refractivity contribution in [2.24, 2.45) is 0 Å². The molecule has 22 heavy (non-hydrogen) atoms. The number of halogens is 1. The van der Waals surface area contributed by atoms with Crippen molar-refractivity contribution in [3.05, 3.63) is 57.2 Å². The second-order valence-electron chi connectivity index (χ2n) is 4.65. The van der Waals surface area contributed by atoms with Crippen LogP contribution in [0.2, 0.25) is 0 Å². The van der Waals surface area contributed by atoms with E-state index in [0.717, 1.165) is 16.1 Å². The zero-order valence-corrected chi connectivity index (χ0v) is 13.8. The highest BCUT2D eigenvalue weighted by molar-refractivity contribution is 9.12. The lowest BCUT2D eigenvalue weighted by Crippen LogP contribution is -2.10. The van der Waals surface area contributed by atoms with Gasteiger partial charge in [-0.2, -0.15) is 0 Å². The summed E-state index contributed by atoms with van der Waals surface area (Å²) in [6.07, 6.45) is 1.85. The molecule has 0 atom stereocenters. The molecule has 2 heterocycles. The molecular formula is C16H11BrN2O2S. The zero-order valence-electron chi connectivity index (χ0n) is 11.4. The molecule has 0 unspecified atom stereocenters. The van der Waals surface area contributed by atoms with E-state index in [2.05, 4.69) is 33.1 Å². The fourth-order valence-electron chi connectivity index (χ4n) is 2.12. The van der Waals surface area contributed by atoms with Crippen LogP contribution >= 0.6 is 27.3 Å². The van der Waals surface area contributed by atoms with Gasteiger partial charge in [-0.25, -0.2) is 0 Å². The molecule has 0 fully saturated rings. The Labute approximate surface area is 139 Å². The van der Waals surface area contributed by atoms with Crippen LogP contribution in [0.3, 0.4) is 0 Å². The summed E-state index contributed by atoms with van der Waals surface area (Å²) >= 11 is 4.60. The average molecular weight is 375 g/mol. The number of thiophene rings is 1. The molecule has 0 spiro atoms. The van der Waals surface area contributed by atoms with Gasteiger partial charge in [0.1, 0.15) is 0 Å². The smallest absolute Gasteiger partial charge is 0.262 e. The van der Waals surface area contributed by atoms with Crippen molar-refractivity contribution < 1.29 is 9.59 Å². The normalized spacial score (nSPS) is 14.6. The van der Waals surface area contributed by atoms with E-state index in [1.165, 1.54) is 0 Å². The van der Waals surface area contributed by atoms with Gasteiger partial charge in [-0.1, -0.05) is 12.6 Å². The summed E-state index contributed by atoms with van der Waals surface area (Å²) < 4.78 is 0.247. The van der Waals surface area contributed by atoms with E-state index < -0.39 is 0 Å². The van der Waals surface area contributed by atoms with E-state index in [1.54, 1.807) is 29.5 Å². The van der Waals surface area contributed by atoms with Crippen molar-refractivity contribution in [3.8, 4) is 0 Å². The first-order valence-corrected chi connectivity index (χ1v) is 8.08. The summed E-state index contributed by atoms with van der Waals surface area (Å²) in [7, 11) is 0. The highest BCUT2D eigenvalue weighted by Gasteiger charge is 2.24. The first-order valence-electron chi connectivity index (χ1n) is 6.41. The van der Waals surface area contributed by atoms with Crippen LogP contribution in [0.15, 0.2) is 46.8 Å². The van der Waals surface area contributed by atoms with Gasteiger partial charge in [0.25, 0.3) is 11.8 Å². The molecule has 1 aliphatic rings. The third kappa shape index (κ3) is 2.88. The van der Waals surface area contributed by atoms with Gasteiger partial charge in [0.15, 0.2) is 0 Å². The second-order valence-corrected chi connectivity index (χ2v) is 6.58. The standard InChI is InChI=1S/C16H11BrN2O2S/c1-9(17)15(20)18-10-4-5-14-12(7-10)13(16(21)19-14)8-11-3-2-6-22-11/h2-8H,1H2,(H,18,20)(H,19,21)/b13-8+. The quantitative estimate of drug-likeness (QED) is 0.794. The molecule has 2 N–H and O–H groups in total. The largest absolute Gasteiger partial charge is 0.322 e. The third-order valence-electron chi connectivity index (χ3n) is 3.14. The van der Waals surface area contributed by atoms with Crippen LogP contribution < -0.4 is 10.6 Å². The number of rotatable bonds is 3. The Morgan fingerprint density at radius 2 is 2.18 bits per heavy atom. The number of fused-ring (bicyclic) bond motifs is 1. The van der Waals surface area contributed by atoms with E-state index >= 15 is 0 Å². The van der Waals surface area contributed by atoms with Gasteiger partial charge in [0.05, 0.1) is 10.1 Å². The fraction of sp³-hybridized carbons (Fsp3) is 0. The summed E-state index contributed by atoms with van der Waals surface area (Å²) in [6.45, 7) is 3.53. The Morgan fingerprint density at radius 3 is 2.86 bits per heavy atom. The van der Waals surface area contributed by atoms with Crippen LogP contribution in [0.4, 0.5) is 11.4 Å². The average Bonchev–Trinajstić information content (AvgIpc) is 3.08. The van der Waals surface area contributed by atoms with Crippen molar-refractivity contribution in [2.45, 2.75) is 0 Å². The molecular weight excluding hydrogens is 364 g/mol. The lowest BCUT2D eigenvalue weighted by Gasteiger charge is -2.06. The van der Waals surface area contributed by atoms with Crippen molar-refractivity contribution in [2.75, 3.05) is 10.6 Å². The minimum Gasteiger partial charge on any atom is -0.322 e. The first kappa shape index (κ1) is 14.7. The predicted octanol–water partition coefficient (Wildman–Crippen LogP) is 4.09. The molecule has 2 amide bonds. The Bertz CT molecular complexity index is 810. The Kier molecular flexibility index (Phi) is 3.96. The van der Waals surface area contributed by atoms with Crippen LogP contribution in [0.1, 0.15) is 10.4 Å². The van der Waals surface area contributed by atoms with Crippen molar-refractivity contribution >= 4 is 62.1 Å². The lowest BCUT2D eigenvalue weighted by atomic mass is 10.1. The molecule has 0 saturated heterocycles. The molecule has 0 bridgehead atoms. The summed E-state index contributed by atoms with van der Waals surface area (Å²) in [5.41, 5.74) is 2.71. The summed E-state index contributed by atoms with van der Waals surface area (Å²) in [6, 6.07) is 9.17. The molecule has 0 saturated carbocycles. The SMILES string of the molecule is C=C(Br)C(=O)Nc1ccc2c(c1)/C(=C\c1cccs1)C(=O)N2. The Morgan fingerprint density at radius 1 is 1.36 bits per heavy atom. The number of hydrogen-bond acceptors (Lipinski definition) is 3. The maximum absolute atomic E-state index is 12.1. The molecule has 0 aliphatic carbocycles. The number of nitrogens with one attached hydrogen (secondary N) is 2. The predicted molar refractivity (Wildman–Crippen MR) is 94.0 cm³/mol. The molecule has 6 heteroatoms. The zero-order chi connectivity index (χ0) is 15.7. The first-order chi connectivity index (χ1) is 10.5. The van der Waals surface area contributed by atoms with Gasteiger partial charge < -0.3 is 10.6 Å². The van der Waals surface area contributed by atoms with Crippen LogP contribution in [0.5, 0.6) is 0 Å². The molecule has 4 nitrogen and oxygen atoms in total. The van der Waals surface area contributed by atoms with Gasteiger partial charge >= 0.3 is 0 Å². The summed E-state index contributed by atoms with van der Waals surface area (Å²) in [4.78, 5) is 24.8. The molecule has 2 aromatic rings. The van der Waals surface area contributed by atoms with Crippen LogP contribution in [0.25, 0.3) is 11.6 Å². The van der Waals surface area contributed by atoms with E-state index in [-0.39, 0.29) is 16.3 Å². The number of benzene rings is 1. The number of hydrogen-bond donors (Lipinski definition) is 2. The highest BCUT2D eigenvalue weighted by atomic mass is 79.9. The van der Waals surface area contributed by atoms with Crippen LogP contribution in [0, 0.1) is 0 Å². The number of carbonyl (C=O) groups is 2. The van der Waals surface area contributed by atoms with Crippen molar-refractivity contribution in [1.82, 2.24) is 0 Å². The van der Waals surface area contributed by atoms with E-state index in [9.17, 15) is 9.59 Å². The number of anilines is 2. The van der Waals surface area contributed by atoms with Gasteiger partial charge in [0.2, 0.25) is 0 Å². The van der Waals surface area contributed by atoms with E-state index in [4.69, 9.17) is 0 Å². The fourth-order valence-corrected chi connectivity index (χ4v) is 2.88. The van der Waals surface area contributed by atoms with Crippen LogP contribution in [-0.4, -0.2) is 11.8 Å². The Hall–Kier alpha value is -2.18. The highest BCUT2D eigenvalue weighted by Crippen LogP contribution is 2.35. The minimum absolute atomic E-state index is 0.142. The van der Waals surface area contributed by atoms with Gasteiger partial charge in [0, 0.05) is 21.8 Å². The van der Waals surface area contributed by atoms with Crippen molar-refractivity contribution in [3.63, 3.8) is 0 Å². The third-order valence-corrected chi connectivity index (χ3v) is 4.32. The van der Waals surface area contributed by atoms with E-state index in [0.29, 0.717) is 11.3 Å². The monoisotopic (exact) mass is 374 g/mol. The minimum atomic E-state index is -0.319. The Balaban J connectivity index is 1.97. The maximum atomic E-state index is 12.1.